The second kappa shape index (κ2) is 6.01. The van der Waals surface area contributed by atoms with Crippen LogP contribution in [0.4, 0.5) is 0 Å². The molecule has 3 nitrogen and oxygen atoms in total. The molecule has 0 spiro atoms. The Morgan fingerprint density at radius 1 is 1.30 bits per heavy atom. The van der Waals surface area contributed by atoms with Gasteiger partial charge in [0.1, 0.15) is 11.2 Å². The Labute approximate surface area is 122 Å². The van der Waals surface area contributed by atoms with Crippen LogP contribution in [-0.4, -0.2) is 9.97 Å². The van der Waals surface area contributed by atoms with Crippen molar-refractivity contribution in [2.45, 2.75) is 26.2 Å². The summed E-state index contributed by atoms with van der Waals surface area (Å²) in [5.74, 6) is 1.47. The van der Waals surface area contributed by atoms with Crippen LogP contribution in [0.25, 0.3) is 21.9 Å². The van der Waals surface area contributed by atoms with Gasteiger partial charge in [-0.15, -0.1) is 11.3 Å². The lowest BCUT2D eigenvalue weighted by molar-refractivity contribution is 0.496. The van der Waals surface area contributed by atoms with Crippen LogP contribution in [0.3, 0.4) is 0 Å². The topological polar surface area (TPSA) is 38.9 Å². The second-order valence-corrected chi connectivity index (χ2v) is 5.46. The van der Waals surface area contributed by atoms with Crippen molar-refractivity contribution in [1.29, 1.82) is 0 Å². The van der Waals surface area contributed by atoms with E-state index in [0.29, 0.717) is 5.76 Å². The maximum absolute atomic E-state index is 5.76. The molecule has 0 unspecified atom stereocenters. The number of benzene rings is 1. The maximum Gasteiger partial charge on any atom is 0.195 e. The minimum absolute atomic E-state index is 0.703. The van der Waals surface area contributed by atoms with Gasteiger partial charge in [0.05, 0.1) is 0 Å². The predicted molar refractivity (Wildman–Crippen MR) is 80.5 cm³/mol. The summed E-state index contributed by atoms with van der Waals surface area (Å²) < 4.78 is 5.76. The van der Waals surface area contributed by atoms with Gasteiger partial charge in [-0.1, -0.05) is 31.5 Å². The fourth-order valence-corrected chi connectivity index (χ4v) is 2.63. The zero-order valence-electron chi connectivity index (χ0n) is 11.3. The highest BCUT2D eigenvalue weighted by molar-refractivity contribution is 7.13. The Morgan fingerprint density at radius 3 is 3.00 bits per heavy atom. The molecule has 0 fully saturated rings. The van der Waals surface area contributed by atoms with Gasteiger partial charge in [0, 0.05) is 29.1 Å². The minimum atomic E-state index is 0.703. The first-order valence-electron chi connectivity index (χ1n) is 6.74. The lowest BCUT2D eigenvalue weighted by Gasteiger charge is -2.00. The number of hydrogen-bond donors (Lipinski definition) is 0. The Morgan fingerprint density at radius 2 is 2.20 bits per heavy atom. The van der Waals surface area contributed by atoms with Crippen molar-refractivity contribution < 1.29 is 4.42 Å². The van der Waals surface area contributed by atoms with Gasteiger partial charge in [0.15, 0.2) is 11.7 Å². The summed E-state index contributed by atoms with van der Waals surface area (Å²) in [6.07, 6.45) is 7.89. The van der Waals surface area contributed by atoms with Gasteiger partial charge < -0.3 is 4.42 Å². The maximum atomic E-state index is 5.76. The average molecular weight is 283 g/mol. The highest BCUT2D eigenvalue weighted by atomic mass is 32.1. The molecule has 0 aliphatic rings. The molecule has 0 atom stereocenters. The Bertz CT molecular complexity index is 673. The number of thiazole rings is 1. The molecular formula is C16H15N2OS. The van der Waals surface area contributed by atoms with Crippen LogP contribution in [-0.2, 0) is 6.42 Å². The van der Waals surface area contributed by atoms with E-state index in [-0.39, 0.29) is 0 Å². The number of aryl methyl sites for hydroxylation is 1. The largest absolute Gasteiger partial charge is 0.440 e. The third-order valence-corrected chi connectivity index (χ3v) is 3.87. The van der Waals surface area contributed by atoms with Crippen LogP contribution in [0.1, 0.15) is 25.7 Å². The fourth-order valence-electron chi connectivity index (χ4n) is 1.99. The molecule has 2 heterocycles. The second-order valence-electron chi connectivity index (χ2n) is 4.57. The van der Waals surface area contributed by atoms with E-state index < -0.39 is 0 Å². The molecule has 0 aliphatic carbocycles. The molecule has 2 aromatic heterocycles. The van der Waals surface area contributed by atoms with Crippen LogP contribution >= 0.6 is 11.3 Å². The van der Waals surface area contributed by atoms with Crippen molar-refractivity contribution in [2.75, 3.05) is 0 Å². The summed E-state index contributed by atoms with van der Waals surface area (Å²) in [4.78, 5) is 8.55. The number of hydrogen-bond acceptors (Lipinski definition) is 4. The first-order chi connectivity index (χ1) is 9.86. The molecule has 1 radical (unpaired) electrons. The summed E-state index contributed by atoms with van der Waals surface area (Å²) in [7, 11) is 0. The van der Waals surface area contributed by atoms with Crippen molar-refractivity contribution in [1.82, 2.24) is 9.97 Å². The van der Waals surface area contributed by atoms with Crippen LogP contribution in [0.5, 0.6) is 0 Å². The van der Waals surface area contributed by atoms with Gasteiger partial charge in [-0.2, -0.15) is 0 Å². The molecule has 0 bridgehead atoms. The number of oxazole rings is 1. The molecule has 1 aromatic carbocycles. The van der Waals surface area contributed by atoms with E-state index >= 15 is 0 Å². The smallest absolute Gasteiger partial charge is 0.195 e. The quantitative estimate of drug-likeness (QED) is 0.686. The molecular weight excluding hydrogens is 268 g/mol. The zero-order valence-corrected chi connectivity index (χ0v) is 12.1. The fraction of sp³-hybridized carbons (Fsp3) is 0.250. The summed E-state index contributed by atoms with van der Waals surface area (Å²) >= 11 is 1.63. The third-order valence-electron chi connectivity index (χ3n) is 3.05. The predicted octanol–water partition coefficient (Wildman–Crippen LogP) is 4.61. The molecule has 0 amide bonds. The third kappa shape index (κ3) is 2.80. The van der Waals surface area contributed by atoms with Crippen LogP contribution in [0, 0.1) is 6.20 Å². The van der Waals surface area contributed by atoms with Crippen LogP contribution in [0.2, 0.25) is 0 Å². The molecule has 0 saturated heterocycles. The van der Waals surface area contributed by atoms with Crippen molar-refractivity contribution >= 4 is 11.3 Å². The SMILES string of the molecule is CCCCc1n[c]c(-c2cccc(-c3nccs3)c2)o1. The number of aromatic nitrogens is 2. The summed E-state index contributed by atoms with van der Waals surface area (Å²) in [5, 5.41) is 2.99. The molecule has 0 N–H and O–H groups in total. The summed E-state index contributed by atoms with van der Waals surface area (Å²) in [6.45, 7) is 2.16. The summed E-state index contributed by atoms with van der Waals surface area (Å²) in [6, 6.07) is 8.14. The van der Waals surface area contributed by atoms with E-state index in [1.807, 2.05) is 23.7 Å². The average Bonchev–Trinajstić information content (AvgIpc) is 3.17. The number of unbranched alkanes of at least 4 members (excludes halogenated alkanes) is 1. The molecule has 101 valence electrons. The van der Waals surface area contributed by atoms with Gasteiger partial charge in [0.2, 0.25) is 0 Å². The van der Waals surface area contributed by atoms with Gasteiger partial charge >= 0.3 is 0 Å². The molecule has 4 heteroatoms. The first kappa shape index (κ1) is 13.1. The van der Waals surface area contributed by atoms with Gasteiger partial charge in [-0.05, 0) is 12.5 Å². The van der Waals surface area contributed by atoms with Gasteiger partial charge in [0.25, 0.3) is 0 Å². The monoisotopic (exact) mass is 283 g/mol. The normalized spacial score (nSPS) is 10.8. The first-order valence-corrected chi connectivity index (χ1v) is 7.62. The molecule has 3 rings (SSSR count). The Balaban J connectivity index is 1.87. The molecule has 0 saturated carbocycles. The van der Waals surface area contributed by atoms with Crippen molar-refractivity contribution in [2.24, 2.45) is 0 Å². The van der Waals surface area contributed by atoms with Crippen molar-refractivity contribution in [3.05, 3.63) is 47.9 Å². The standard InChI is InChI=1S/C16H15N2OS/c1-2-3-7-15-18-11-14(19-15)12-5-4-6-13(10-12)16-17-8-9-20-16/h4-6,8-10H,2-3,7H2,1H3. The van der Waals surface area contributed by atoms with E-state index in [1.54, 1.807) is 11.3 Å². The lowest BCUT2D eigenvalue weighted by Crippen LogP contribution is -1.82. The lowest BCUT2D eigenvalue weighted by atomic mass is 10.1. The Kier molecular flexibility index (Phi) is 3.92. The molecule has 3 aromatic rings. The van der Waals surface area contributed by atoms with Gasteiger partial charge in [-0.3, -0.25) is 0 Å². The van der Waals surface area contributed by atoms with Gasteiger partial charge in [-0.25, -0.2) is 9.97 Å². The van der Waals surface area contributed by atoms with E-state index in [0.717, 1.165) is 41.3 Å². The highest BCUT2D eigenvalue weighted by Gasteiger charge is 2.09. The van der Waals surface area contributed by atoms with Crippen LogP contribution in [0.15, 0.2) is 40.3 Å². The van der Waals surface area contributed by atoms with E-state index in [9.17, 15) is 0 Å². The van der Waals surface area contributed by atoms with Crippen LogP contribution < -0.4 is 0 Å². The van der Waals surface area contributed by atoms with Crippen molar-refractivity contribution in [3.63, 3.8) is 0 Å². The van der Waals surface area contributed by atoms with E-state index in [4.69, 9.17) is 4.42 Å². The van der Waals surface area contributed by atoms with E-state index in [1.165, 1.54) is 0 Å². The van der Waals surface area contributed by atoms with Crippen molar-refractivity contribution in [3.8, 4) is 21.9 Å². The number of nitrogens with zero attached hydrogens (tertiary/aromatic N) is 2. The minimum Gasteiger partial charge on any atom is -0.440 e. The Hall–Kier alpha value is -1.94. The highest BCUT2D eigenvalue weighted by Crippen LogP contribution is 2.27. The molecule has 20 heavy (non-hydrogen) atoms. The number of rotatable bonds is 5. The van der Waals surface area contributed by atoms with E-state index in [2.05, 4.69) is 35.2 Å². The molecule has 0 aliphatic heterocycles. The zero-order chi connectivity index (χ0) is 13.8. The summed E-state index contributed by atoms with van der Waals surface area (Å²) in [5.41, 5.74) is 2.09.